The number of ether oxygens (including phenoxy) is 2. The Morgan fingerprint density at radius 2 is 0.943 bits per heavy atom. The van der Waals surface area contributed by atoms with E-state index in [2.05, 4.69) is 10.2 Å². The van der Waals surface area contributed by atoms with Crippen LogP contribution in [0.15, 0.2) is 84.9 Å². The van der Waals surface area contributed by atoms with Gasteiger partial charge >= 0.3 is 12.4 Å². The number of ketones is 1. The van der Waals surface area contributed by atoms with Crippen LogP contribution in [0.25, 0.3) is 22.5 Å². The fourth-order valence-electron chi connectivity index (χ4n) is 8.92. The fourth-order valence-corrected chi connectivity index (χ4v) is 10.0. The summed E-state index contributed by atoms with van der Waals surface area (Å²) in [6.07, 6.45) is -10.3. The number of anilines is 2. The largest absolute Gasteiger partial charge is 0.495 e. The van der Waals surface area contributed by atoms with E-state index in [-0.39, 0.29) is 63.5 Å². The van der Waals surface area contributed by atoms with Crippen molar-refractivity contribution >= 4 is 63.6 Å². The zero-order valence-electron chi connectivity index (χ0n) is 37.1. The second-order valence-corrected chi connectivity index (χ2v) is 18.1. The minimum atomic E-state index is -5.14. The quantitative estimate of drug-likeness (QED) is 0.0991. The molecule has 4 aromatic carbocycles. The van der Waals surface area contributed by atoms with Crippen molar-refractivity contribution in [1.82, 2.24) is 29.4 Å². The van der Waals surface area contributed by atoms with Gasteiger partial charge in [0.15, 0.2) is 17.2 Å². The summed E-state index contributed by atoms with van der Waals surface area (Å²) in [6, 6.07) is 16.6. The van der Waals surface area contributed by atoms with Crippen LogP contribution < -0.4 is 19.3 Å². The average molecular weight is 1060 g/mol. The standard InChI is InChI=1S/C47H42Cl4F8N8O3/c1-69-37-23-31(9-11-33(37)48)62-13-17-64(18-14-62)35(25-66-44(46(54,55)56)39(50)41(60-66)27-5-3-7-29(52)21-27)43(68)36(65-19-15-63(16-20-65)32-10-12-34(49)38(24-32)70-2)26-67-45(47(57,58)59)40(51)42(61-67)28-6-4-8-30(53)22-28/h3-12,21-24,35-36H,13-20,25-26H2,1-2H3. The topological polar surface area (TPSA) is 84.1 Å². The number of carbonyl (C=O) groups excluding carboxylic acids is 1. The van der Waals surface area contributed by atoms with Gasteiger partial charge in [0.2, 0.25) is 0 Å². The molecule has 8 rings (SSSR count). The minimum absolute atomic E-state index is 0.0671. The molecule has 2 aliphatic rings. The third-order valence-corrected chi connectivity index (χ3v) is 13.7. The summed E-state index contributed by atoms with van der Waals surface area (Å²) in [6.45, 7) is -0.258. The Kier molecular flexibility index (Phi) is 15.2. The van der Waals surface area contributed by atoms with Crippen molar-refractivity contribution in [3.05, 3.63) is 128 Å². The van der Waals surface area contributed by atoms with Crippen LogP contribution in [0, 0.1) is 11.6 Å². The molecule has 2 aromatic heterocycles. The van der Waals surface area contributed by atoms with E-state index >= 15 is 31.1 Å². The number of hydrogen-bond acceptors (Lipinski definition) is 9. The Balaban J connectivity index is 1.22. The fraction of sp³-hybridized carbons (Fsp3) is 0.340. The molecule has 70 heavy (non-hydrogen) atoms. The molecule has 0 N–H and O–H groups in total. The Morgan fingerprint density at radius 3 is 1.27 bits per heavy atom. The first kappa shape index (κ1) is 51.1. The van der Waals surface area contributed by atoms with Gasteiger partial charge in [0.25, 0.3) is 0 Å². The Hall–Kier alpha value is -5.31. The van der Waals surface area contributed by atoms with Gasteiger partial charge in [-0.25, -0.2) is 8.78 Å². The third kappa shape index (κ3) is 10.8. The molecular weight excluding hydrogens is 1020 g/mol. The maximum Gasteiger partial charge on any atom is 0.434 e. The van der Waals surface area contributed by atoms with Crippen LogP contribution in [-0.4, -0.2) is 114 Å². The lowest BCUT2D eigenvalue weighted by molar-refractivity contribution is -0.146. The maximum absolute atomic E-state index is 15.7. The first-order valence-corrected chi connectivity index (χ1v) is 23.1. The number of Topliss-reactive ketones (excluding diaryl/α,β-unsaturated/α-hetero) is 1. The molecule has 0 bridgehead atoms. The normalized spacial score (nSPS) is 16.1. The molecule has 2 aliphatic heterocycles. The lowest BCUT2D eigenvalue weighted by atomic mass is 9.99. The smallest absolute Gasteiger partial charge is 0.434 e. The van der Waals surface area contributed by atoms with Gasteiger partial charge in [0, 0.05) is 87.0 Å². The van der Waals surface area contributed by atoms with Crippen LogP contribution >= 0.6 is 46.4 Å². The molecule has 6 aromatic rings. The van der Waals surface area contributed by atoms with E-state index in [4.69, 9.17) is 55.9 Å². The first-order chi connectivity index (χ1) is 33.2. The molecule has 11 nitrogen and oxygen atoms in total. The summed E-state index contributed by atoms with van der Waals surface area (Å²) in [4.78, 5) is 23.0. The minimum Gasteiger partial charge on any atom is -0.495 e. The summed E-state index contributed by atoms with van der Waals surface area (Å²) in [5.41, 5.74) is -2.36. The molecule has 2 saturated heterocycles. The molecule has 0 radical (unpaired) electrons. The van der Waals surface area contributed by atoms with Crippen LogP contribution in [0.3, 0.4) is 0 Å². The lowest BCUT2D eigenvalue weighted by Crippen LogP contribution is -2.61. The number of hydrogen-bond donors (Lipinski definition) is 0. The molecule has 2 fully saturated rings. The number of benzene rings is 4. The molecule has 23 heteroatoms. The van der Waals surface area contributed by atoms with Crippen molar-refractivity contribution in [2.75, 3.05) is 76.4 Å². The number of rotatable bonds is 14. The molecule has 0 amide bonds. The highest BCUT2D eigenvalue weighted by atomic mass is 35.5. The van der Waals surface area contributed by atoms with E-state index < -0.39 is 87.8 Å². The van der Waals surface area contributed by atoms with E-state index in [1.807, 2.05) is 9.80 Å². The lowest BCUT2D eigenvalue weighted by Gasteiger charge is -2.44. The van der Waals surface area contributed by atoms with Crippen molar-refractivity contribution in [3.63, 3.8) is 0 Å². The second kappa shape index (κ2) is 20.8. The number of alkyl halides is 6. The number of piperazine rings is 2. The number of aromatic nitrogens is 4. The van der Waals surface area contributed by atoms with E-state index in [0.29, 0.717) is 42.3 Å². The van der Waals surface area contributed by atoms with Gasteiger partial charge < -0.3 is 19.3 Å². The highest BCUT2D eigenvalue weighted by Gasteiger charge is 2.46. The predicted molar refractivity (Wildman–Crippen MR) is 251 cm³/mol. The highest BCUT2D eigenvalue weighted by Crippen LogP contribution is 2.43. The van der Waals surface area contributed by atoms with Crippen molar-refractivity contribution in [2.24, 2.45) is 0 Å². The Morgan fingerprint density at radius 1 is 0.571 bits per heavy atom. The van der Waals surface area contributed by atoms with Crippen LogP contribution in [0.2, 0.25) is 20.1 Å². The van der Waals surface area contributed by atoms with Crippen LogP contribution in [0.5, 0.6) is 11.5 Å². The highest BCUT2D eigenvalue weighted by molar-refractivity contribution is 6.34. The molecule has 0 aliphatic carbocycles. The predicted octanol–water partition coefficient (Wildman–Crippen LogP) is 11.0. The maximum atomic E-state index is 15.7. The Bertz CT molecular complexity index is 2680. The summed E-state index contributed by atoms with van der Waals surface area (Å²) in [5, 5.41) is 7.52. The zero-order chi connectivity index (χ0) is 50.2. The van der Waals surface area contributed by atoms with Gasteiger partial charge in [0.1, 0.15) is 34.5 Å². The zero-order valence-corrected chi connectivity index (χ0v) is 40.2. The number of halogens is 12. The van der Waals surface area contributed by atoms with E-state index in [9.17, 15) is 8.78 Å². The van der Waals surface area contributed by atoms with Gasteiger partial charge in [-0.2, -0.15) is 36.5 Å². The van der Waals surface area contributed by atoms with Gasteiger partial charge in [-0.1, -0.05) is 70.7 Å². The van der Waals surface area contributed by atoms with Crippen LogP contribution in [-0.2, 0) is 30.2 Å². The summed E-state index contributed by atoms with van der Waals surface area (Å²) in [7, 11) is 2.91. The van der Waals surface area contributed by atoms with Gasteiger partial charge in [-0.3, -0.25) is 24.0 Å². The molecule has 0 spiro atoms. The number of carbonyl (C=O) groups is 1. The van der Waals surface area contributed by atoms with Crippen molar-refractivity contribution < 1.29 is 49.4 Å². The van der Waals surface area contributed by atoms with Crippen LogP contribution in [0.1, 0.15) is 11.4 Å². The third-order valence-electron chi connectivity index (χ3n) is 12.4. The molecular formula is C47H42Cl4F8N8O3. The van der Waals surface area contributed by atoms with Gasteiger partial charge in [0.05, 0.1) is 59.5 Å². The molecule has 0 saturated carbocycles. The van der Waals surface area contributed by atoms with Crippen molar-refractivity contribution in [2.45, 2.75) is 37.5 Å². The summed E-state index contributed by atoms with van der Waals surface area (Å²) >= 11 is 25.5. The van der Waals surface area contributed by atoms with E-state index in [1.165, 1.54) is 38.5 Å². The number of nitrogens with zero attached hydrogens (tertiary/aromatic N) is 8. The molecule has 2 unspecified atom stereocenters. The van der Waals surface area contributed by atoms with Gasteiger partial charge in [-0.05, 0) is 48.5 Å². The SMILES string of the molecule is COc1cc(N2CCN(C(Cn3nc(-c4cccc(F)c4)c(Cl)c3C(F)(F)F)C(=O)C(Cn3nc(-c4cccc(F)c4)c(Cl)c3C(F)(F)F)N3CCN(c4ccc(Cl)c(OC)c4)CC3)CC2)ccc1Cl. The van der Waals surface area contributed by atoms with E-state index in [1.54, 1.807) is 46.2 Å². The van der Waals surface area contributed by atoms with Crippen molar-refractivity contribution in [3.8, 4) is 34.0 Å². The summed E-state index contributed by atoms with van der Waals surface area (Å²) in [5.74, 6) is -1.50. The van der Waals surface area contributed by atoms with E-state index in [0.717, 1.165) is 24.3 Å². The number of methoxy groups -OCH3 is 2. The van der Waals surface area contributed by atoms with Crippen LogP contribution in [0.4, 0.5) is 46.5 Å². The molecule has 4 heterocycles. The van der Waals surface area contributed by atoms with Gasteiger partial charge in [-0.15, -0.1) is 0 Å². The first-order valence-electron chi connectivity index (χ1n) is 21.6. The second-order valence-electron chi connectivity index (χ2n) is 16.5. The monoisotopic (exact) mass is 1060 g/mol. The average Bonchev–Trinajstić information content (AvgIpc) is 3.85. The Labute approximate surface area is 416 Å². The van der Waals surface area contributed by atoms with Crippen molar-refractivity contribution in [1.29, 1.82) is 0 Å². The molecule has 372 valence electrons. The molecule has 2 atom stereocenters. The summed E-state index contributed by atoms with van der Waals surface area (Å²) < 4.78 is 132.